The lowest BCUT2D eigenvalue weighted by Gasteiger charge is -2.36. The van der Waals surface area contributed by atoms with E-state index in [9.17, 15) is 9.18 Å². The third-order valence-electron chi connectivity index (χ3n) is 6.00. The Kier molecular flexibility index (Phi) is 6.35. The summed E-state index contributed by atoms with van der Waals surface area (Å²) in [7, 11) is 0. The third kappa shape index (κ3) is 5.00. The van der Waals surface area contributed by atoms with Crippen LogP contribution in [-0.4, -0.2) is 42.0 Å². The van der Waals surface area contributed by atoms with Crippen molar-refractivity contribution in [1.29, 1.82) is 0 Å². The van der Waals surface area contributed by atoms with Gasteiger partial charge in [0.1, 0.15) is 5.82 Å². The summed E-state index contributed by atoms with van der Waals surface area (Å²) in [5.41, 5.74) is 3.89. The number of hydrogen-bond donors (Lipinski definition) is 1. The third-order valence-corrected chi connectivity index (χ3v) is 6.00. The Morgan fingerprint density at radius 1 is 0.912 bits per heavy atom. The quantitative estimate of drug-likeness (QED) is 0.440. The van der Waals surface area contributed by atoms with Gasteiger partial charge in [0.15, 0.2) is 17.8 Å². The second kappa shape index (κ2) is 9.89. The number of aromatic nitrogens is 1. The summed E-state index contributed by atoms with van der Waals surface area (Å²) in [6.45, 7) is 4.90. The topological polar surface area (TPSA) is 61.6 Å². The van der Waals surface area contributed by atoms with Gasteiger partial charge in [0.05, 0.1) is 0 Å². The maximum atomic E-state index is 13.2. The van der Waals surface area contributed by atoms with Gasteiger partial charge in [-0.25, -0.2) is 9.37 Å². The number of piperazine rings is 1. The fourth-order valence-electron chi connectivity index (χ4n) is 4.17. The number of rotatable bonds is 6. The van der Waals surface area contributed by atoms with Crippen LogP contribution < -0.4 is 10.2 Å². The molecule has 1 aromatic heterocycles. The highest BCUT2D eigenvalue weighted by molar-refractivity contribution is 6.06. The molecule has 1 N–H and O–H groups in total. The zero-order valence-corrected chi connectivity index (χ0v) is 18.7. The lowest BCUT2D eigenvalue weighted by atomic mass is 10.1. The number of anilines is 2. The van der Waals surface area contributed by atoms with E-state index < -0.39 is 0 Å². The normalized spacial score (nSPS) is 14.2. The maximum absolute atomic E-state index is 13.2. The average Bonchev–Trinajstić information content (AvgIpc) is 3.36. The van der Waals surface area contributed by atoms with Gasteiger partial charge in [0.25, 0.3) is 5.91 Å². The summed E-state index contributed by atoms with van der Waals surface area (Å²) in [5.74, 6) is -0.426. The molecule has 172 valence electrons. The highest BCUT2D eigenvalue weighted by Gasteiger charge is 2.20. The van der Waals surface area contributed by atoms with Crippen molar-refractivity contribution >= 4 is 17.3 Å². The van der Waals surface area contributed by atoms with Crippen LogP contribution >= 0.6 is 0 Å². The molecule has 34 heavy (non-hydrogen) atoms. The SMILES string of the molecule is O=C(Nc1ccc(N2CCN(Cc3ccccc3)CC2)cc1)c1ncoc1-c1ccc(F)cc1. The summed E-state index contributed by atoms with van der Waals surface area (Å²) in [5, 5.41) is 2.87. The van der Waals surface area contributed by atoms with Gasteiger partial charge >= 0.3 is 0 Å². The predicted molar refractivity (Wildman–Crippen MR) is 130 cm³/mol. The molecule has 1 fully saturated rings. The van der Waals surface area contributed by atoms with Crippen LogP contribution in [0.2, 0.25) is 0 Å². The van der Waals surface area contributed by atoms with E-state index in [0.717, 1.165) is 38.4 Å². The summed E-state index contributed by atoms with van der Waals surface area (Å²) < 4.78 is 18.6. The predicted octanol–water partition coefficient (Wildman–Crippen LogP) is 5.06. The van der Waals surface area contributed by atoms with Gasteiger partial charge in [-0.1, -0.05) is 30.3 Å². The van der Waals surface area contributed by atoms with Crippen LogP contribution in [0.5, 0.6) is 0 Å². The minimum absolute atomic E-state index is 0.158. The van der Waals surface area contributed by atoms with E-state index in [-0.39, 0.29) is 17.4 Å². The van der Waals surface area contributed by atoms with Crippen molar-refractivity contribution in [3.8, 4) is 11.3 Å². The molecule has 2 heterocycles. The molecule has 6 nitrogen and oxygen atoms in total. The first-order valence-electron chi connectivity index (χ1n) is 11.3. The Balaban J connectivity index is 1.18. The Labute approximate surface area is 197 Å². The molecule has 7 heteroatoms. The average molecular weight is 457 g/mol. The van der Waals surface area contributed by atoms with E-state index in [4.69, 9.17) is 4.42 Å². The molecule has 1 aliphatic rings. The standard InChI is InChI=1S/C27H25FN4O2/c28-22-8-6-21(7-9-22)26-25(29-19-34-26)27(33)30-23-10-12-24(13-11-23)32-16-14-31(15-17-32)18-20-4-2-1-3-5-20/h1-13,19H,14-18H2,(H,30,33). The number of benzene rings is 3. The monoisotopic (exact) mass is 456 g/mol. The fraction of sp³-hybridized carbons (Fsp3) is 0.185. The lowest BCUT2D eigenvalue weighted by molar-refractivity contribution is 0.102. The molecular weight excluding hydrogens is 431 g/mol. The molecule has 0 unspecified atom stereocenters. The van der Waals surface area contributed by atoms with Crippen LogP contribution in [-0.2, 0) is 6.54 Å². The molecule has 0 bridgehead atoms. The van der Waals surface area contributed by atoms with Crippen molar-refractivity contribution in [3.05, 3.63) is 102 Å². The molecule has 1 amide bonds. The van der Waals surface area contributed by atoms with Crippen molar-refractivity contribution in [3.63, 3.8) is 0 Å². The Morgan fingerprint density at radius 2 is 1.62 bits per heavy atom. The first-order valence-corrected chi connectivity index (χ1v) is 11.3. The van der Waals surface area contributed by atoms with E-state index in [0.29, 0.717) is 17.0 Å². The highest BCUT2D eigenvalue weighted by atomic mass is 19.1. The number of nitrogens with one attached hydrogen (secondary N) is 1. The fourth-order valence-corrected chi connectivity index (χ4v) is 4.17. The van der Waals surface area contributed by atoms with Gasteiger partial charge in [-0.05, 0) is 54.1 Å². The van der Waals surface area contributed by atoms with Gasteiger partial charge in [-0.2, -0.15) is 0 Å². The molecular formula is C27H25FN4O2. The molecule has 1 saturated heterocycles. The molecule has 1 aliphatic heterocycles. The van der Waals surface area contributed by atoms with Crippen molar-refractivity contribution in [2.24, 2.45) is 0 Å². The number of nitrogens with zero attached hydrogens (tertiary/aromatic N) is 3. The number of carbonyl (C=O) groups excluding carboxylic acids is 1. The van der Waals surface area contributed by atoms with Crippen molar-refractivity contribution in [2.45, 2.75) is 6.54 Å². The maximum Gasteiger partial charge on any atom is 0.278 e. The largest absolute Gasteiger partial charge is 0.443 e. The second-order valence-corrected chi connectivity index (χ2v) is 8.29. The van der Waals surface area contributed by atoms with E-state index in [1.807, 2.05) is 30.3 Å². The first kappa shape index (κ1) is 21.9. The number of hydrogen-bond acceptors (Lipinski definition) is 5. The van der Waals surface area contributed by atoms with Crippen LogP contribution in [0.3, 0.4) is 0 Å². The molecule has 0 atom stereocenters. The first-order chi connectivity index (χ1) is 16.7. The Hall–Kier alpha value is -3.97. The molecule has 5 rings (SSSR count). The van der Waals surface area contributed by atoms with E-state index in [2.05, 4.69) is 44.4 Å². The number of amides is 1. The Morgan fingerprint density at radius 3 is 2.32 bits per heavy atom. The van der Waals surface area contributed by atoms with Crippen LogP contribution in [0.15, 0.2) is 89.7 Å². The number of carbonyl (C=O) groups is 1. The summed E-state index contributed by atoms with van der Waals surface area (Å²) in [4.78, 5) is 21.7. The van der Waals surface area contributed by atoms with Gasteiger partial charge in [0, 0.05) is 49.7 Å². The molecule has 0 spiro atoms. The van der Waals surface area contributed by atoms with Crippen LogP contribution in [0.25, 0.3) is 11.3 Å². The van der Waals surface area contributed by atoms with Gasteiger partial charge in [-0.15, -0.1) is 0 Å². The second-order valence-electron chi connectivity index (χ2n) is 8.29. The molecule has 0 radical (unpaired) electrons. The minimum Gasteiger partial charge on any atom is -0.443 e. The summed E-state index contributed by atoms with van der Waals surface area (Å²) in [6, 6.07) is 24.1. The van der Waals surface area contributed by atoms with Gasteiger partial charge in [0.2, 0.25) is 0 Å². The van der Waals surface area contributed by atoms with Crippen molar-refractivity contribution in [2.75, 3.05) is 36.4 Å². The molecule has 3 aromatic carbocycles. The number of halogens is 1. The van der Waals surface area contributed by atoms with Gasteiger partial charge in [-0.3, -0.25) is 9.69 Å². The van der Waals surface area contributed by atoms with Crippen molar-refractivity contribution in [1.82, 2.24) is 9.88 Å². The van der Waals surface area contributed by atoms with Crippen LogP contribution in [0.1, 0.15) is 16.1 Å². The zero-order valence-electron chi connectivity index (χ0n) is 18.7. The van der Waals surface area contributed by atoms with E-state index >= 15 is 0 Å². The van der Waals surface area contributed by atoms with Crippen LogP contribution in [0.4, 0.5) is 15.8 Å². The van der Waals surface area contributed by atoms with Gasteiger partial charge < -0.3 is 14.6 Å². The Bertz CT molecular complexity index is 1230. The highest BCUT2D eigenvalue weighted by Crippen LogP contribution is 2.25. The molecule has 0 saturated carbocycles. The van der Waals surface area contributed by atoms with Crippen molar-refractivity contribution < 1.29 is 13.6 Å². The lowest BCUT2D eigenvalue weighted by Crippen LogP contribution is -2.45. The summed E-state index contributed by atoms with van der Waals surface area (Å²) >= 11 is 0. The smallest absolute Gasteiger partial charge is 0.278 e. The minimum atomic E-state index is -0.379. The zero-order chi connectivity index (χ0) is 23.3. The van der Waals surface area contributed by atoms with E-state index in [1.54, 1.807) is 12.1 Å². The molecule has 4 aromatic rings. The molecule has 0 aliphatic carbocycles. The van der Waals surface area contributed by atoms with Crippen LogP contribution in [0, 0.1) is 5.82 Å². The summed E-state index contributed by atoms with van der Waals surface area (Å²) in [6.07, 6.45) is 1.22. The van der Waals surface area contributed by atoms with E-state index in [1.165, 1.54) is 24.1 Å². The number of oxazole rings is 1.